The molecular formula is CH3BNO3P. The molecule has 0 aliphatic heterocycles. The summed E-state index contributed by atoms with van der Waals surface area (Å²) in [7, 11) is 1.53. The Hall–Kier alpha value is -0.135. The molecule has 0 heterocycles. The first kappa shape index (κ1) is 9.98. The van der Waals surface area contributed by atoms with Gasteiger partial charge in [-0.25, -0.2) is 5.26 Å². The maximum atomic E-state index is 7.23. The van der Waals surface area contributed by atoms with Crippen molar-refractivity contribution in [1.29, 1.82) is 5.26 Å². The zero-order chi connectivity index (χ0) is 6.28. The van der Waals surface area contributed by atoms with E-state index in [0.29, 0.717) is 0 Å². The Bertz CT molecular complexity index is 57.7. The summed E-state index contributed by atoms with van der Waals surface area (Å²) in [4.78, 5) is 21.7. The largest absolute Gasteiger partial charge is 0.328 e. The second-order valence-electron chi connectivity index (χ2n) is 0.397. The van der Waals surface area contributed by atoms with Gasteiger partial charge in [-0.05, 0) is 5.97 Å². The van der Waals surface area contributed by atoms with Crippen molar-refractivity contribution in [2.75, 3.05) is 0 Å². The maximum Gasteiger partial charge on any atom is 0.324 e. The molecule has 0 spiro atoms. The molecule has 2 radical (unpaired) electrons. The third kappa shape index (κ3) is 4800. The highest BCUT2D eigenvalue weighted by atomic mass is 31.2. The second kappa shape index (κ2) is 9.29. The van der Waals surface area contributed by atoms with Crippen LogP contribution < -0.4 is 0 Å². The van der Waals surface area contributed by atoms with E-state index >= 15 is 0 Å². The third-order valence-electron chi connectivity index (χ3n) is 0. The Morgan fingerprint density at radius 2 is 1.43 bits per heavy atom. The summed E-state index contributed by atoms with van der Waals surface area (Å²) < 4.78 is 0. The average Bonchev–Trinajstić information content (AvgIpc) is 1.33. The molecule has 0 atom stereocenters. The second-order valence-corrected chi connectivity index (χ2v) is 0.934. The van der Waals surface area contributed by atoms with E-state index in [4.69, 9.17) is 19.9 Å². The van der Waals surface area contributed by atoms with E-state index in [2.05, 4.69) is 7.85 Å². The number of hydrogen-bond acceptors (Lipinski definition) is 4. The molecule has 0 aliphatic rings. The molecule has 4 nitrogen and oxygen atoms in total. The lowest BCUT2D eigenvalue weighted by Gasteiger charge is -1.76. The van der Waals surface area contributed by atoms with Crippen LogP contribution in [-0.4, -0.2) is 22.5 Å². The molecular weight excluding hydrogens is 116 g/mol. The molecule has 3 N–H and O–H groups in total. The fourth-order valence-corrected chi connectivity index (χ4v) is 0. The van der Waals surface area contributed by atoms with Gasteiger partial charge in [-0.1, -0.05) is 0 Å². The van der Waals surface area contributed by atoms with Crippen molar-refractivity contribution in [3.63, 3.8) is 0 Å². The van der Waals surface area contributed by atoms with Crippen LogP contribution in [0.3, 0.4) is 0 Å². The van der Waals surface area contributed by atoms with Crippen LogP contribution in [0.25, 0.3) is 0 Å². The Morgan fingerprint density at radius 3 is 1.43 bits per heavy atom. The summed E-state index contributed by atoms with van der Waals surface area (Å²) in [5.41, 5.74) is 0. The summed E-state index contributed by atoms with van der Waals surface area (Å²) in [5.74, 6) is 1.25. The van der Waals surface area contributed by atoms with Gasteiger partial charge >= 0.3 is 8.60 Å². The lowest BCUT2D eigenvalue weighted by Crippen LogP contribution is -1.54. The summed E-state index contributed by atoms with van der Waals surface area (Å²) in [6.07, 6.45) is 0. The van der Waals surface area contributed by atoms with E-state index in [9.17, 15) is 0 Å². The van der Waals surface area contributed by atoms with E-state index < -0.39 is 8.60 Å². The quantitative estimate of drug-likeness (QED) is 0.277. The van der Waals surface area contributed by atoms with Gasteiger partial charge in [0.15, 0.2) is 0 Å². The number of rotatable bonds is 0. The van der Waals surface area contributed by atoms with Crippen LogP contribution >= 0.6 is 8.60 Å². The van der Waals surface area contributed by atoms with Crippen molar-refractivity contribution in [2.24, 2.45) is 0 Å². The summed E-state index contributed by atoms with van der Waals surface area (Å²) in [6.45, 7) is 0. The number of hydrogen-bond donors (Lipinski definition) is 3. The molecule has 6 heteroatoms. The average molecular weight is 119 g/mol. The van der Waals surface area contributed by atoms with Crippen LogP contribution in [0.2, 0.25) is 0 Å². The van der Waals surface area contributed by atoms with Gasteiger partial charge < -0.3 is 14.7 Å². The Balaban J connectivity index is 0. The Labute approximate surface area is 43.4 Å². The van der Waals surface area contributed by atoms with Crippen molar-refractivity contribution < 1.29 is 14.7 Å². The molecule has 0 fully saturated rings. The predicted molar refractivity (Wildman–Crippen MR) is 24.9 cm³/mol. The smallest absolute Gasteiger partial charge is 0.324 e. The monoisotopic (exact) mass is 119 g/mol. The van der Waals surface area contributed by atoms with E-state index in [1.165, 1.54) is 5.97 Å². The molecule has 38 valence electrons. The number of nitriles is 1. The molecule has 0 unspecified atom stereocenters. The molecule has 0 rings (SSSR count). The Morgan fingerprint density at radius 1 is 1.43 bits per heavy atom. The first-order chi connectivity index (χ1) is 3.15. The summed E-state index contributed by atoms with van der Waals surface area (Å²) >= 11 is 0. The fourth-order valence-electron chi connectivity index (χ4n) is 0. The van der Waals surface area contributed by atoms with Crippen molar-refractivity contribution in [3.8, 4) is 5.97 Å². The predicted octanol–water partition coefficient (Wildman–Crippen LogP) is -1.17. The van der Waals surface area contributed by atoms with Gasteiger partial charge in [0, 0.05) is 0 Å². The SMILES string of the molecule is OP(O)O.[B]C#N. The highest BCUT2D eigenvalue weighted by Gasteiger charge is 1.76. The van der Waals surface area contributed by atoms with Gasteiger partial charge in [0.1, 0.15) is 0 Å². The molecule has 0 saturated carbocycles. The summed E-state index contributed by atoms with van der Waals surface area (Å²) in [6, 6.07) is 0. The van der Waals surface area contributed by atoms with Crippen LogP contribution in [0, 0.1) is 11.2 Å². The molecule has 0 saturated heterocycles. The third-order valence-corrected chi connectivity index (χ3v) is 0. The highest BCUT2D eigenvalue weighted by molar-refractivity contribution is 7.38. The zero-order valence-electron chi connectivity index (χ0n) is 3.31. The first-order valence-corrected chi connectivity index (χ1v) is 2.31. The van der Waals surface area contributed by atoms with Crippen molar-refractivity contribution in [2.45, 2.75) is 0 Å². The van der Waals surface area contributed by atoms with Gasteiger partial charge in [0.2, 0.25) is 7.85 Å². The number of nitrogens with zero attached hydrogens (tertiary/aromatic N) is 1. The van der Waals surface area contributed by atoms with Crippen LogP contribution in [0.15, 0.2) is 0 Å². The first-order valence-electron chi connectivity index (χ1n) is 1.11. The molecule has 0 aliphatic carbocycles. The van der Waals surface area contributed by atoms with Gasteiger partial charge in [-0.2, -0.15) is 0 Å². The van der Waals surface area contributed by atoms with Crippen LogP contribution in [0.5, 0.6) is 0 Å². The van der Waals surface area contributed by atoms with E-state index in [1.807, 2.05) is 0 Å². The minimum Gasteiger partial charge on any atom is -0.328 e. The minimum atomic E-state index is -2.62. The molecule has 0 aromatic heterocycles. The Kier molecular flexibility index (Phi) is 13.2. The van der Waals surface area contributed by atoms with Gasteiger partial charge in [0.05, 0.1) is 0 Å². The van der Waals surface area contributed by atoms with Crippen molar-refractivity contribution in [1.82, 2.24) is 0 Å². The molecule has 0 aromatic carbocycles. The standard InChI is InChI=1S/CBN.H3O3P/c2-1-3;1-4(2)3/h;1-3H. The maximum absolute atomic E-state index is 7.23. The van der Waals surface area contributed by atoms with E-state index in [-0.39, 0.29) is 0 Å². The topological polar surface area (TPSA) is 84.5 Å². The van der Waals surface area contributed by atoms with Gasteiger partial charge in [-0.3, -0.25) is 0 Å². The van der Waals surface area contributed by atoms with E-state index in [1.54, 1.807) is 0 Å². The van der Waals surface area contributed by atoms with Gasteiger partial charge in [0.25, 0.3) is 0 Å². The molecule has 0 bridgehead atoms. The summed E-state index contributed by atoms with van der Waals surface area (Å²) in [5, 5.41) is 7.10. The fraction of sp³-hybridized carbons (Fsp3) is 0. The van der Waals surface area contributed by atoms with Crippen LogP contribution in [0.1, 0.15) is 0 Å². The van der Waals surface area contributed by atoms with E-state index in [0.717, 1.165) is 0 Å². The zero-order valence-corrected chi connectivity index (χ0v) is 4.21. The lowest BCUT2D eigenvalue weighted by molar-refractivity contribution is 0.368. The highest BCUT2D eigenvalue weighted by Crippen LogP contribution is 2.11. The normalized spacial score (nSPS) is 6.14. The minimum absolute atomic E-state index is 1.25. The van der Waals surface area contributed by atoms with Crippen LogP contribution in [0.4, 0.5) is 0 Å². The molecule has 7 heavy (non-hydrogen) atoms. The molecule has 0 amide bonds. The van der Waals surface area contributed by atoms with Crippen molar-refractivity contribution in [3.05, 3.63) is 0 Å². The van der Waals surface area contributed by atoms with Crippen LogP contribution in [-0.2, 0) is 0 Å². The lowest BCUT2D eigenvalue weighted by atomic mass is 10.2. The van der Waals surface area contributed by atoms with Gasteiger partial charge in [-0.15, -0.1) is 0 Å². The van der Waals surface area contributed by atoms with Crippen molar-refractivity contribution >= 4 is 16.4 Å². The molecule has 0 aromatic rings.